The molecule has 20 heteroatoms. The molecule has 0 aromatic rings. The van der Waals surface area contributed by atoms with E-state index in [2.05, 4.69) is 5.73 Å². The standard InChI is InChI=1S/C9H2F19N/c10-1(11,5(18,19)8(23,24)25)3(14,15)7(22,29)4(16,17)2(12,13)6(20,21)9(26,27)28/h29H2. The van der Waals surface area contributed by atoms with Crippen molar-refractivity contribution in [3.63, 3.8) is 0 Å². The summed E-state index contributed by atoms with van der Waals surface area (Å²) in [5, 5.41) is 0. The first-order valence-corrected chi connectivity index (χ1v) is 5.88. The monoisotopic (exact) mass is 485 g/mol. The van der Waals surface area contributed by atoms with Gasteiger partial charge in [-0.3, -0.25) is 5.73 Å². The van der Waals surface area contributed by atoms with Gasteiger partial charge in [0.2, 0.25) is 0 Å². The van der Waals surface area contributed by atoms with E-state index in [0.29, 0.717) is 0 Å². The van der Waals surface area contributed by atoms with Crippen molar-refractivity contribution >= 4 is 0 Å². The van der Waals surface area contributed by atoms with Gasteiger partial charge in [-0.1, -0.05) is 0 Å². The predicted octanol–water partition coefficient (Wildman–Crippen LogP) is 5.55. The Balaban J connectivity index is 6.82. The molecule has 176 valence electrons. The molecule has 0 unspecified atom stereocenters. The maximum absolute atomic E-state index is 13.4. The quantitative estimate of drug-likeness (QED) is 0.388. The Labute approximate surface area is 144 Å². The fraction of sp³-hybridized carbons (Fsp3) is 1.00. The summed E-state index contributed by atoms with van der Waals surface area (Å²) < 4.78 is 238. The molecule has 0 saturated carbocycles. The van der Waals surface area contributed by atoms with E-state index in [9.17, 15) is 83.4 Å². The highest BCUT2D eigenvalue weighted by molar-refractivity contribution is 5.17. The minimum atomic E-state index is -8.51. The van der Waals surface area contributed by atoms with Crippen LogP contribution < -0.4 is 5.73 Å². The van der Waals surface area contributed by atoms with Gasteiger partial charge >= 0.3 is 47.9 Å². The van der Waals surface area contributed by atoms with Gasteiger partial charge in [-0.05, 0) is 0 Å². The third-order valence-electron chi connectivity index (χ3n) is 3.20. The summed E-state index contributed by atoms with van der Waals surface area (Å²) in [4.78, 5) is 0. The number of halogens is 19. The van der Waals surface area contributed by atoms with E-state index in [1.807, 2.05) is 0 Å². The summed E-state index contributed by atoms with van der Waals surface area (Å²) >= 11 is 0. The van der Waals surface area contributed by atoms with E-state index < -0.39 is 53.7 Å². The van der Waals surface area contributed by atoms with Gasteiger partial charge in [-0.25, -0.2) is 4.39 Å². The molecule has 0 bridgehead atoms. The second-order valence-corrected chi connectivity index (χ2v) is 5.15. The first-order chi connectivity index (χ1) is 12.0. The lowest BCUT2D eigenvalue weighted by Crippen LogP contribution is -2.80. The van der Waals surface area contributed by atoms with Gasteiger partial charge in [0.05, 0.1) is 0 Å². The number of hydrogen-bond donors (Lipinski definition) is 1. The molecular weight excluding hydrogens is 483 g/mol. The van der Waals surface area contributed by atoms with Crippen molar-refractivity contribution in [2.75, 3.05) is 0 Å². The van der Waals surface area contributed by atoms with Gasteiger partial charge in [0.15, 0.2) is 0 Å². The summed E-state index contributed by atoms with van der Waals surface area (Å²) in [6.45, 7) is 0. The Kier molecular flexibility index (Phi) is 6.02. The van der Waals surface area contributed by atoms with Crippen LogP contribution in [0.1, 0.15) is 0 Å². The van der Waals surface area contributed by atoms with Crippen LogP contribution in [-0.2, 0) is 0 Å². The first kappa shape index (κ1) is 27.6. The number of hydrogen-bond acceptors (Lipinski definition) is 1. The lowest BCUT2D eigenvalue weighted by molar-refractivity contribution is -0.454. The number of alkyl halides is 19. The van der Waals surface area contributed by atoms with Crippen LogP contribution in [0.3, 0.4) is 0 Å². The smallest absolute Gasteiger partial charge is 0.288 e. The molecule has 0 amide bonds. The second-order valence-electron chi connectivity index (χ2n) is 5.15. The molecule has 0 rings (SSSR count). The molecule has 0 atom stereocenters. The minimum Gasteiger partial charge on any atom is -0.288 e. The lowest BCUT2D eigenvalue weighted by atomic mass is 9.86. The van der Waals surface area contributed by atoms with Crippen molar-refractivity contribution < 1.29 is 83.4 Å². The Morgan fingerprint density at radius 1 is 0.276 bits per heavy atom. The van der Waals surface area contributed by atoms with Crippen molar-refractivity contribution in [1.29, 1.82) is 0 Å². The van der Waals surface area contributed by atoms with Crippen molar-refractivity contribution in [3.8, 4) is 0 Å². The molecule has 0 fully saturated rings. The van der Waals surface area contributed by atoms with Crippen molar-refractivity contribution in [3.05, 3.63) is 0 Å². The first-order valence-electron chi connectivity index (χ1n) is 5.88. The SMILES string of the molecule is NC(F)(C(F)(F)C(F)(F)C(F)(F)C(F)(F)F)C(F)(F)C(F)(F)C(F)(F)C(F)(F)F. The Bertz CT molecular complexity index is 554. The van der Waals surface area contributed by atoms with Crippen LogP contribution in [0.4, 0.5) is 83.4 Å². The molecule has 29 heavy (non-hydrogen) atoms. The van der Waals surface area contributed by atoms with Gasteiger partial charge in [0.25, 0.3) is 5.79 Å². The number of rotatable bonds is 6. The summed E-state index contributed by atoms with van der Waals surface area (Å²) in [5.41, 5.74) is 3.00. The van der Waals surface area contributed by atoms with Gasteiger partial charge in [-0.15, -0.1) is 0 Å². The third-order valence-corrected chi connectivity index (χ3v) is 3.20. The van der Waals surface area contributed by atoms with E-state index >= 15 is 0 Å². The average molecular weight is 485 g/mol. The van der Waals surface area contributed by atoms with E-state index in [1.165, 1.54) is 0 Å². The molecule has 0 saturated heterocycles. The highest BCUT2D eigenvalue weighted by Crippen LogP contribution is 2.63. The zero-order valence-electron chi connectivity index (χ0n) is 12.3. The summed E-state index contributed by atoms with van der Waals surface area (Å²) in [5.74, 6) is -58.4. The fourth-order valence-electron chi connectivity index (χ4n) is 1.40. The summed E-state index contributed by atoms with van der Waals surface area (Å²) in [7, 11) is 0. The molecule has 0 aliphatic heterocycles. The summed E-state index contributed by atoms with van der Waals surface area (Å²) in [6.07, 6.45) is -15.6. The largest absolute Gasteiger partial charge is 0.460 e. The highest BCUT2D eigenvalue weighted by Gasteiger charge is 2.95. The van der Waals surface area contributed by atoms with Crippen molar-refractivity contribution in [1.82, 2.24) is 0 Å². The van der Waals surface area contributed by atoms with Crippen LogP contribution in [-0.4, -0.2) is 53.7 Å². The molecule has 0 aliphatic rings. The van der Waals surface area contributed by atoms with Crippen molar-refractivity contribution in [2.45, 2.75) is 53.7 Å². The Hall–Kier alpha value is -1.37. The van der Waals surface area contributed by atoms with E-state index in [-0.39, 0.29) is 0 Å². The van der Waals surface area contributed by atoms with Gasteiger partial charge in [-0.2, -0.15) is 79.0 Å². The van der Waals surface area contributed by atoms with E-state index in [0.717, 1.165) is 0 Å². The molecule has 0 heterocycles. The van der Waals surface area contributed by atoms with Crippen LogP contribution in [0.2, 0.25) is 0 Å². The van der Waals surface area contributed by atoms with Gasteiger partial charge < -0.3 is 0 Å². The zero-order chi connectivity index (χ0) is 24.5. The van der Waals surface area contributed by atoms with Gasteiger partial charge in [0.1, 0.15) is 0 Å². The van der Waals surface area contributed by atoms with E-state index in [1.54, 1.807) is 0 Å². The third kappa shape index (κ3) is 3.24. The van der Waals surface area contributed by atoms with Crippen LogP contribution in [0, 0.1) is 0 Å². The fourth-order valence-corrected chi connectivity index (χ4v) is 1.40. The summed E-state index contributed by atoms with van der Waals surface area (Å²) in [6, 6.07) is 0. The highest BCUT2D eigenvalue weighted by atomic mass is 19.4. The predicted molar refractivity (Wildman–Crippen MR) is 49.8 cm³/mol. The Morgan fingerprint density at radius 2 is 0.448 bits per heavy atom. The van der Waals surface area contributed by atoms with Crippen LogP contribution in [0.15, 0.2) is 0 Å². The number of nitrogens with two attached hydrogens (primary N) is 1. The molecule has 2 N–H and O–H groups in total. The molecule has 0 spiro atoms. The van der Waals surface area contributed by atoms with Crippen LogP contribution in [0.5, 0.6) is 0 Å². The minimum absolute atomic E-state index is 3.00. The molecule has 0 aromatic carbocycles. The lowest BCUT2D eigenvalue weighted by Gasteiger charge is -2.44. The maximum Gasteiger partial charge on any atom is 0.460 e. The second kappa shape index (κ2) is 6.32. The maximum atomic E-state index is 13.4. The van der Waals surface area contributed by atoms with E-state index in [4.69, 9.17) is 0 Å². The Morgan fingerprint density at radius 3 is 0.586 bits per heavy atom. The average Bonchev–Trinajstić information content (AvgIpc) is 2.43. The van der Waals surface area contributed by atoms with Crippen LogP contribution >= 0.6 is 0 Å². The van der Waals surface area contributed by atoms with Crippen molar-refractivity contribution in [2.24, 2.45) is 5.73 Å². The molecule has 0 aliphatic carbocycles. The van der Waals surface area contributed by atoms with Gasteiger partial charge in [0, 0.05) is 0 Å². The van der Waals surface area contributed by atoms with Crippen LogP contribution in [0.25, 0.3) is 0 Å². The zero-order valence-corrected chi connectivity index (χ0v) is 12.3. The molecule has 0 radical (unpaired) electrons. The molecule has 0 aromatic heterocycles. The topological polar surface area (TPSA) is 26.0 Å². The molecule has 1 nitrogen and oxygen atoms in total. The molecular formula is C9H2F19N. The normalized spacial score (nSPS) is 17.0.